The maximum atomic E-state index is 13.2. The molecule has 0 aromatic heterocycles. The lowest BCUT2D eigenvalue weighted by Crippen LogP contribution is -2.51. The van der Waals surface area contributed by atoms with Gasteiger partial charge in [-0.3, -0.25) is 0 Å². The first-order valence-electron chi connectivity index (χ1n) is 24.7. The average molecular weight is 959 g/mol. The Morgan fingerprint density at radius 1 is 0.892 bits per heavy atom. The zero-order valence-electron chi connectivity index (χ0n) is 40.0. The maximum absolute atomic E-state index is 13.2. The van der Waals surface area contributed by atoms with E-state index in [9.17, 15) is 13.2 Å². The van der Waals surface area contributed by atoms with Crippen molar-refractivity contribution in [2.24, 2.45) is 46.3 Å². The SMILES string of the molecule is CC(C)CCC[C@@H](C)[C@H]1CC[C@H]2[C@@H]3CC=C4C[C@@H](OC(=O)NCCOCCOCCOCCNS(=O)(=O)c5cccc([C@@H]6CN(C)Cc7c(Cl)cc(Cl)cc76)c5)CC[C@]4(C)[C@H]3CC[C@]12C. The summed E-state index contributed by atoms with van der Waals surface area (Å²) in [5.74, 6) is 4.83. The number of halogens is 2. The Balaban J connectivity index is 0.731. The van der Waals surface area contributed by atoms with Crippen LogP contribution in [0.15, 0.2) is 52.9 Å². The van der Waals surface area contributed by atoms with Crippen molar-refractivity contribution in [1.29, 1.82) is 0 Å². The highest BCUT2D eigenvalue weighted by Gasteiger charge is 2.59. The summed E-state index contributed by atoms with van der Waals surface area (Å²) in [5, 5.41) is 4.05. The third-order valence-electron chi connectivity index (χ3n) is 16.4. The van der Waals surface area contributed by atoms with Gasteiger partial charge in [-0.15, -0.1) is 0 Å². The number of carbonyl (C=O) groups excluding carboxylic acids is 1. The Bertz CT molecular complexity index is 2070. The Morgan fingerprint density at radius 2 is 1.63 bits per heavy atom. The summed E-state index contributed by atoms with van der Waals surface area (Å²) in [4.78, 5) is 15.1. The number of likely N-dealkylation sites (N-methyl/N-ethyl adjacent to an activating group) is 1. The Kier molecular flexibility index (Phi) is 17.5. The number of amides is 1. The number of nitrogens with zero attached hydrogens (tertiary/aromatic N) is 1. The molecule has 65 heavy (non-hydrogen) atoms. The minimum absolute atomic E-state index is 0.0662. The van der Waals surface area contributed by atoms with Crippen LogP contribution in [0, 0.1) is 46.3 Å². The molecule has 0 radical (unpaired) electrons. The predicted molar refractivity (Wildman–Crippen MR) is 260 cm³/mol. The summed E-state index contributed by atoms with van der Waals surface area (Å²) in [5.41, 5.74) is 5.17. The van der Waals surface area contributed by atoms with E-state index >= 15 is 0 Å². The number of nitrogens with one attached hydrogen (secondary N) is 2. The topological polar surface area (TPSA) is 115 Å². The van der Waals surface area contributed by atoms with Crippen molar-refractivity contribution in [3.8, 4) is 0 Å². The van der Waals surface area contributed by atoms with E-state index in [0.29, 0.717) is 61.6 Å². The molecular formula is C52H77Cl2N3O7S. The fourth-order valence-electron chi connectivity index (χ4n) is 13.1. The molecule has 2 aromatic rings. The summed E-state index contributed by atoms with van der Waals surface area (Å²) < 4.78 is 51.8. The van der Waals surface area contributed by atoms with Crippen LogP contribution in [0.1, 0.15) is 128 Å². The van der Waals surface area contributed by atoms with E-state index in [-0.39, 0.29) is 41.6 Å². The van der Waals surface area contributed by atoms with Gasteiger partial charge in [0, 0.05) is 48.6 Å². The third-order valence-corrected chi connectivity index (χ3v) is 18.4. The zero-order valence-corrected chi connectivity index (χ0v) is 42.3. The van der Waals surface area contributed by atoms with Gasteiger partial charge in [-0.1, -0.05) is 101 Å². The van der Waals surface area contributed by atoms with Crippen molar-refractivity contribution < 1.29 is 32.2 Å². The van der Waals surface area contributed by atoms with Crippen molar-refractivity contribution in [3.63, 3.8) is 0 Å². The first-order valence-corrected chi connectivity index (χ1v) is 27.0. The molecule has 9 atom stereocenters. The summed E-state index contributed by atoms with van der Waals surface area (Å²) in [6.07, 6.45) is 15.9. The smallest absolute Gasteiger partial charge is 0.407 e. The fraction of sp³-hybridized carbons (Fsp3) is 0.712. The van der Waals surface area contributed by atoms with Crippen LogP contribution in [0.3, 0.4) is 0 Å². The number of fused-ring (bicyclic) bond motifs is 6. The van der Waals surface area contributed by atoms with E-state index in [1.807, 2.05) is 19.2 Å². The summed E-state index contributed by atoms with van der Waals surface area (Å²) >= 11 is 12.9. The molecule has 1 aliphatic heterocycles. The molecule has 0 saturated heterocycles. The van der Waals surface area contributed by atoms with Crippen LogP contribution in [0.4, 0.5) is 4.79 Å². The van der Waals surface area contributed by atoms with Gasteiger partial charge in [0.25, 0.3) is 0 Å². The van der Waals surface area contributed by atoms with Crippen molar-refractivity contribution in [1.82, 2.24) is 14.9 Å². The molecule has 13 heteroatoms. The number of hydrogen-bond donors (Lipinski definition) is 2. The van der Waals surface area contributed by atoms with Crippen LogP contribution < -0.4 is 10.0 Å². The van der Waals surface area contributed by atoms with Crippen LogP contribution >= 0.6 is 23.2 Å². The molecule has 5 aliphatic rings. The van der Waals surface area contributed by atoms with Crippen LogP contribution in [0.2, 0.25) is 10.0 Å². The molecule has 0 spiro atoms. The number of hydrogen-bond acceptors (Lipinski definition) is 8. The highest BCUT2D eigenvalue weighted by molar-refractivity contribution is 7.89. The van der Waals surface area contributed by atoms with Crippen LogP contribution in [0.5, 0.6) is 0 Å². The molecule has 1 amide bonds. The van der Waals surface area contributed by atoms with Crippen molar-refractivity contribution in [3.05, 3.63) is 74.8 Å². The highest BCUT2D eigenvalue weighted by Crippen LogP contribution is 2.67. The number of alkyl carbamates (subject to hydrolysis) is 1. The highest BCUT2D eigenvalue weighted by atomic mass is 35.5. The summed E-state index contributed by atoms with van der Waals surface area (Å²) in [7, 11) is -1.73. The minimum atomic E-state index is -3.76. The van der Waals surface area contributed by atoms with E-state index < -0.39 is 10.0 Å². The normalized spacial score (nSPS) is 29.3. The van der Waals surface area contributed by atoms with E-state index in [1.165, 1.54) is 56.9 Å². The van der Waals surface area contributed by atoms with E-state index in [0.717, 1.165) is 78.0 Å². The summed E-state index contributed by atoms with van der Waals surface area (Å²) in [6, 6.07) is 10.7. The number of benzene rings is 2. The lowest BCUT2D eigenvalue weighted by molar-refractivity contribution is -0.0581. The van der Waals surface area contributed by atoms with Gasteiger partial charge in [0.1, 0.15) is 6.10 Å². The second-order valence-electron chi connectivity index (χ2n) is 21.0. The van der Waals surface area contributed by atoms with Gasteiger partial charge in [-0.25, -0.2) is 17.9 Å². The molecule has 0 unspecified atom stereocenters. The Labute approximate surface area is 400 Å². The molecule has 2 aromatic carbocycles. The first kappa shape index (κ1) is 50.7. The average Bonchev–Trinajstić information content (AvgIpc) is 3.62. The Hall–Kier alpha value is -2.22. The molecular weight excluding hydrogens is 882 g/mol. The molecule has 362 valence electrons. The standard InChI is InChI=1S/C52H77Cl2N3O7S/c1-35(2)9-7-10-36(3)46-15-16-47-42-14-13-38-30-40(17-19-51(38,4)48(42)18-20-52(46,47)5)64-50(58)55-21-23-61-25-27-63-28-26-62-24-22-56-65(59,60)41-12-8-11-37(29-41)44-33-57(6)34-45-43(44)31-39(53)32-49(45)54/h8,11-13,29,31-32,35-36,40,42,44,46-48,56H,7,9-10,14-28,30,33-34H2,1-6H3,(H,55,58)/t36-,40+,42+,44+,46-,47+,48+,51+,52-/m1/s1. The number of ether oxygens (including phenoxy) is 4. The van der Waals surface area contributed by atoms with Gasteiger partial charge in [-0.05, 0) is 139 Å². The molecule has 3 saturated carbocycles. The van der Waals surface area contributed by atoms with Crippen molar-refractivity contribution >= 4 is 39.3 Å². The molecule has 10 nitrogen and oxygen atoms in total. The van der Waals surface area contributed by atoms with Gasteiger partial charge in [0.05, 0.1) is 44.5 Å². The van der Waals surface area contributed by atoms with E-state index in [2.05, 4.69) is 55.6 Å². The number of sulfonamides is 1. The largest absolute Gasteiger partial charge is 0.446 e. The van der Waals surface area contributed by atoms with E-state index in [4.69, 9.17) is 42.1 Å². The van der Waals surface area contributed by atoms with Crippen LogP contribution in [-0.2, 0) is 35.5 Å². The molecule has 1 heterocycles. The van der Waals surface area contributed by atoms with Gasteiger partial charge >= 0.3 is 6.09 Å². The van der Waals surface area contributed by atoms with Crippen LogP contribution in [-0.4, -0.2) is 91.8 Å². The molecule has 3 fully saturated rings. The molecule has 0 bridgehead atoms. The molecule has 7 rings (SSSR count). The zero-order chi connectivity index (χ0) is 46.4. The maximum Gasteiger partial charge on any atom is 0.407 e. The van der Waals surface area contributed by atoms with Crippen molar-refractivity contribution in [2.45, 2.75) is 129 Å². The number of allylic oxidation sites excluding steroid dienone is 1. The predicted octanol–water partition coefficient (Wildman–Crippen LogP) is 11.0. The number of carbonyl (C=O) groups is 1. The second-order valence-corrected chi connectivity index (χ2v) is 23.6. The number of rotatable bonds is 21. The minimum Gasteiger partial charge on any atom is -0.446 e. The van der Waals surface area contributed by atoms with Crippen molar-refractivity contribution in [2.75, 3.05) is 66.3 Å². The lowest BCUT2D eigenvalue weighted by Gasteiger charge is -2.58. The lowest BCUT2D eigenvalue weighted by atomic mass is 9.47. The van der Waals surface area contributed by atoms with Gasteiger partial charge in [0.2, 0.25) is 10.0 Å². The molecule has 2 N–H and O–H groups in total. The monoisotopic (exact) mass is 957 g/mol. The van der Waals surface area contributed by atoms with Gasteiger partial charge in [0.15, 0.2) is 0 Å². The fourth-order valence-corrected chi connectivity index (χ4v) is 14.7. The second kappa shape index (κ2) is 22.5. The Morgan fingerprint density at radius 3 is 2.38 bits per heavy atom. The first-order chi connectivity index (χ1) is 31.1. The molecule has 4 aliphatic carbocycles. The van der Waals surface area contributed by atoms with E-state index in [1.54, 1.807) is 24.3 Å². The van der Waals surface area contributed by atoms with Gasteiger partial charge in [-0.2, -0.15) is 0 Å². The summed E-state index contributed by atoms with van der Waals surface area (Å²) in [6.45, 7) is 16.4. The quantitative estimate of drug-likeness (QED) is 0.0939. The van der Waals surface area contributed by atoms with Gasteiger partial charge < -0.3 is 29.2 Å². The van der Waals surface area contributed by atoms with Crippen LogP contribution in [0.25, 0.3) is 0 Å². The third kappa shape index (κ3) is 12.2.